The van der Waals surface area contributed by atoms with Gasteiger partial charge in [-0.3, -0.25) is 14.8 Å². The topological polar surface area (TPSA) is 78.0 Å². The number of aromatic nitrogens is 1. The molecular weight excluding hydrogens is 334 g/mol. The van der Waals surface area contributed by atoms with Crippen LogP contribution in [0, 0.1) is 0 Å². The second-order valence-electron chi connectivity index (χ2n) is 5.23. The molecule has 6 nitrogen and oxygen atoms in total. The Morgan fingerprint density at radius 1 is 1.43 bits per heavy atom. The maximum atomic E-state index is 8.85. The van der Waals surface area contributed by atoms with Crippen LogP contribution in [0.5, 0.6) is 0 Å². The Balaban J connectivity index is 1.86. The smallest absolute Gasteiger partial charge is 0.156 e. The fourth-order valence-corrected chi connectivity index (χ4v) is 2.92. The summed E-state index contributed by atoms with van der Waals surface area (Å²) < 4.78 is 1.00. The van der Waals surface area contributed by atoms with Crippen molar-refractivity contribution in [2.24, 2.45) is 10.9 Å². The minimum Gasteiger partial charge on any atom is -0.409 e. The quantitative estimate of drug-likeness (QED) is 0.362. The van der Waals surface area contributed by atoms with Gasteiger partial charge >= 0.3 is 0 Å². The fraction of sp³-hybridized carbons (Fsp3) is 0.571. The van der Waals surface area contributed by atoms with E-state index in [0.717, 1.165) is 49.3 Å². The molecule has 1 fully saturated rings. The normalized spacial score (nSPS) is 19.6. The zero-order chi connectivity index (χ0) is 15.2. The number of hydrogen-bond donors (Lipinski definition) is 2. The van der Waals surface area contributed by atoms with Crippen molar-refractivity contribution >= 4 is 21.8 Å². The molecule has 21 heavy (non-hydrogen) atoms. The van der Waals surface area contributed by atoms with Gasteiger partial charge in [0, 0.05) is 43.4 Å². The SMILES string of the molecule is CCC(/C(N)=N/O)N1CCN(Cc2ccc(Br)cn2)CC1. The van der Waals surface area contributed by atoms with Gasteiger partial charge in [0.15, 0.2) is 5.84 Å². The van der Waals surface area contributed by atoms with E-state index in [1.165, 1.54) is 0 Å². The van der Waals surface area contributed by atoms with E-state index < -0.39 is 0 Å². The third-order valence-electron chi connectivity index (χ3n) is 3.87. The van der Waals surface area contributed by atoms with Crippen molar-refractivity contribution in [2.45, 2.75) is 25.9 Å². The zero-order valence-electron chi connectivity index (χ0n) is 12.2. The van der Waals surface area contributed by atoms with Crippen LogP contribution in [0.3, 0.4) is 0 Å². The molecule has 116 valence electrons. The van der Waals surface area contributed by atoms with E-state index in [1.54, 1.807) is 0 Å². The van der Waals surface area contributed by atoms with Gasteiger partial charge in [-0.1, -0.05) is 12.1 Å². The van der Waals surface area contributed by atoms with Gasteiger partial charge in [0.2, 0.25) is 0 Å². The van der Waals surface area contributed by atoms with Gasteiger partial charge in [-0.2, -0.15) is 0 Å². The van der Waals surface area contributed by atoms with Gasteiger partial charge in [0.05, 0.1) is 11.7 Å². The predicted octanol–water partition coefficient (Wildman–Crippen LogP) is 1.49. The number of amidine groups is 1. The monoisotopic (exact) mass is 355 g/mol. The van der Waals surface area contributed by atoms with Crippen molar-refractivity contribution in [3.8, 4) is 0 Å². The molecule has 1 aromatic rings. The first-order chi connectivity index (χ1) is 10.1. The minimum absolute atomic E-state index is 0.0305. The minimum atomic E-state index is 0.0305. The maximum absolute atomic E-state index is 8.85. The molecule has 0 aliphatic carbocycles. The van der Waals surface area contributed by atoms with Crippen LogP contribution in [0.15, 0.2) is 28.0 Å². The molecule has 1 aromatic heterocycles. The van der Waals surface area contributed by atoms with Crippen LogP contribution < -0.4 is 5.73 Å². The van der Waals surface area contributed by atoms with Crippen LogP contribution >= 0.6 is 15.9 Å². The number of halogens is 1. The third kappa shape index (κ3) is 4.39. The van der Waals surface area contributed by atoms with Crippen molar-refractivity contribution in [3.05, 3.63) is 28.5 Å². The summed E-state index contributed by atoms with van der Waals surface area (Å²) in [6.45, 7) is 6.69. The van der Waals surface area contributed by atoms with Crippen LogP contribution in [0.2, 0.25) is 0 Å². The van der Waals surface area contributed by atoms with Gasteiger partial charge in [0.25, 0.3) is 0 Å². The molecule has 0 saturated carbocycles. The van der Waals surface area contributed by atoms with E-state index in [-0.39, 0.29) is 6.04 Å². The highest BCUT2D eigenvalue weighted by atomic mass is 79.9. The molecule has 3 N–H and O–H groups in total. The molecular formula is C14H22BrN5O. The van der Waals surface area contributed by atoms with Gasteiger partial charge in [-0.05, 0) is 34.5 Å². The summed E-state index contributed by atoms with van der Waals surface area (Å²) in [5.41, 5.74) is 6.84. The van der Waals surface area contributed by atoms with Crippen LogP contribution in [0.1, 0.15) is 19.0 Å². The molecule has 1 aliphatic heterocycles. The Hall–Kier alpha value is -1.18. The summed E-state index contributed by atoms with van der Waals surface area (Å²) in [5.74, 6) is 0.306. The maximum Gasteiger partial charge on any atom is 0.156 e. The van der Waals surface area contributed by atoms with E-state index in [9.17, 15) is 0 Å². The molecule has 0 radical (unpaired) electrons. The Labute approximate surface area is 133 Å². The van der Waals surface area contributed by atoms with Crippen molar-refractivity contribution in [1.82, 2.24) is 14.8 Å². The van der Waals surface area contributed by atoms with Gasteiger partial charge in [0.1, 0.15) is 0 Å². The molecule has 2 heterocycles. The van der Waals surface area contributed by atoms with Crippen LogP contribution in [-0.2, 0) is 6.54 Å². The molecule has 0 spiro atoms. The van der Waals surface area contributed by atoms with Crippen molar-refractivity contribution in [1.29, 1.82) is 0 Å². The van der Waals surface area contributed by atoms with E-state index >= 15 is 0 Å². The number of pyridine rings is 1. The number of nitrogens with zero attached hydrogens (tertiary/aromatic N) is 4. The van der Waals surface area contributed by atoms with E-state index in [2.05, 4.69) is 42.8 Å². The molecule has 1 aliphatic rings. The van der Waals surface area contributed by atoms with Crippen LogP contribution in [0.25, 0.3) is 0 Å². The predicted molar refractivity (Wildman–Crippen MR) is 86.3 cm³/mol. The van der Waals surface area contributed by atoms with Crippen molar-refractivity contribution in [3.63, 3.8) is 0 Å². The first-order valence-electron chi connectivity index (χ1n) is 7.18. The van der Waals surface area contributed by atoms with Gasteiger partial charge < -0.3 is 10.9 Å². The highest BCUT2D eigenvalue weighted by Gasteiger charge is 2.25. The lowest BCUT2D eigenvalue weighted by atomic mass is 10.1. The van der Waals surface area contributed by atoms with Crippen LogP contribution in [0.4, 0.5) is 0 Å². The summed E-state index contributed by atoms with van der Waals surface area (Å²) in [6.07, 6.45) is 2.68. The van der Waals surface area contributed by atoms with E-state index in [4.69, 9.17) is 10.9 Å². The summed E-state index contributed by atoms with van der Waals surface area (Å²) in [6, 6.07) is 4.09. The zero-order valence-corrected chi connectivity index (χ0v) is 13.8. The third-order valence-corrected chi connectivity index (χ3v) is 4.33. The van der Waals surface area contributed by atoms with E-state index in [0.29, 0.717) is 5.84 Å². The number of nitrogens with two attached hydrogens (primary N) is 1. The Bertz CT molecular complexity index is 471. The molecule has 1 saturated heterocycles. The highest BCUT2D eigenvalue weighted by molar-refractivity contribution is 9.10. The molecule has 0 amide bonds. The highest BCUT2D eigenvalue weighted by Crippen LogP contribution is 2.13. The van der Waals surface area contributed by atoms with Gasteiger partial charge in [-0.15, -0.1) is 0 Å². The Kier molecular flexibility index (Phi) is 5.96. The number of hydrogen-bond acceptors (Lipinski definition) is 5. The standard InChI is InChI=1S/C14H22BrN5O/c1-2-13(14(16)18-21)20-7-5-19(6-8-20)10-12-4-3-11(15)9-17-12/h3-4,9,13,21H,2,5-8,10H2,1H3,(H2,16,18). The van der Waals surface area contributed by atoms with Crippen molar-refractivity contribution < 1.29 is 5.21 Å². The first kappa shape index (κ1) is 16.2. The van der Waals surface area contributed by atoms with E-state index in [1.807, 2.05) is 18.3 Å². The average Bonchev–Trinajstić information content (AvgIpc) is 2.51. The second kappa shape index (κ2) is 7.72. The van der Waals surface area contributed by atoms with Crippen molar-refractivity contribution in [2.75, 3.05) is 26.2 Å². The number of piperazine rings is 1. The first-order valence-corrected chi connectivity index (χ1v) is 7.97. The summed E-state index contributed by atoms with van der Waals surface area (Å²) in [7, 11) is 0. The lowest BCUT2D eigenvalue weighted by molar-refractivity contribution is 0.109. The van der Waals surface area contributed by atoms with Gasteiger partial charge in [-0.25, -0.2) is 0 Å². The average molecular weight is 356 g/mol. The molecule has 2 rings (SSSR count). The Morgan fingerprint density at radius 3 is 2.67 bits per heavy atom. The Morgan fingerprint density at radius 2 is 2.14 bits per heavy atom. The molecule has 0 aromatic carbocycles. The summed E-state index contributed by atoms with van der Waals surface area (Å²) in [5, 5.41) is 12.0. The molecule has 1 atom stereocenters. The molecule has 1 unspecified atom stereocenters. The lowest BCUT2D eigenvalue weighted by Crippen LogP contribution is -2.53. The lowest BCUT2D eigenvalue weighted by Gasteiger charge is -2.38. The molecule has 0 bridgehead atoms. The summed E-state index contributed by atoms with van der Waals surface area (Å²) >= 11 is 3.40. The number of rotatable bonds is 5. The molecule has 7 heteroatoms. The number of oxime groups is 1. The summed E-state index contributed by atoms with van der Waals surface area (Å²) in [4.78, 5) is 9.07. The fourth-order valence-electron chi connectivity index (χ4n) is 2.68. The largest absolute Gasteiger partial charge is 0.409 e. The van der Waals surface area contributed by atoms with Crippen LogP contribution in [-0.4, -0.2) is 58.0 Å². The second-order valence-corrected chi connectivity index (χ2v) is 6.14.